The van der Waals surface area contributed by atoms with Crippen molar-refractivity contribution in [2.75, 3.05) is 13.1 Å². The van der Waals surface area contributed by atoms with Crippen LogP contribution in [-0.4, -0.2) is 29.9 Å². The number of hydrogen-bond donors (Lipinski definition) is 3. The predicted octanol–water partition coefficient (Wildman–Crippen LogP) is 1.22. The fourth-order valence-electron chi connectivity index (χ4n) is 1.85. The maximum Gasteiger partial charge on any atom is 0.217 e. The monoisotopic (exact) mass is 305 g/mol. The van der Waals surface area contributed by atoms with Gasteiger partial charge in [0, 0.05) is 25.4 Å². The van der Waals surface area contributed by atoms with Gasteiger partial charge in [-0.15, -0.1) is 11.3 Å². The molecule has 2 aromatic rings. The zero-order valence-electron chi connectivity index (χ0n) is 11.5. The maximum absolute atomic E-state index is 10.9. The van der Waals surface area contributed by atoms with Crippen LogP contribution in [0.2, 0.25) is 0 Å². The van der Waals surface area contributed by atoms with E-state index in [0.717, 1.165) is 24.7 Å². The summed E-state index contributed by atoms with van der Waals surface area (Å²) in [6, 6.07) is 3.67. The molecule has 0 spiro atoms. The molecule has 1 amide bonds. The third-order valence-corrected chi connectivity index (χ3v) is 3.57. The summed E-state index contributed by atoms with van der Waals surface area (Å²) in [6.07, 6.45) is 0. The summed E-state index contributed by atoms with van der Waals surface area (Å²) in [5.41, 5.74) is 0.742. The molecule has 0 aliphatic carbocycles. The Morgan fingerprint density at radius 2 is 2.29 bits per heavy atom. The molecule has 3 heterocycles. The summed E-state index contributed by atoms with van der Waals surface area (Å²) < 4.78 is 5.65. The highest BCUT2D eigenvalue weighted by atomic mass is 32.1. The number of hydrogen-bond acceptors (Lipinski definition) is 5. The second-order valence-electron chi connectivity index (χ2n) is 4.50. The molecule has 1 aliphatic rings. The molecule has 3 N–H and O–H groups in total. The van der Waals surface area contributed by atoms with Crippen molar-refractivity contribution in [2.45, 2.75) is 13.5 Å². The second-order valence-corrected chi connectivity index (χ2v) is 5.34. The molecule has 1 saturated heterocycles. The number of carbonyl (C=O) groups is 1. The van der Waals surface area contributed by atoms with Crippen LogP contribution >= 0.6 is 11.3 Å². The summed E-state index contributed by atoms with van der Waals surface area (Å²) in [5.74, 6) is 2.03. The molecular formula is C13H15N5O2S. The lowest BCUT2D eigenvalue weighted by molar-refractivity contribution is -0.119. The number of aromatic nitrogens is 1. The highest BCUT2D eigenvalue weighted by molar-refractivity contribution is 7.13. The summed E-state index contributed by atoms with van der Waals surface area (Å²) in [6.45, 7) is 3.60. The molecule has 0 radical (unpaired) electrons. The molecule has 1 aliphatic heterocycles. The van der Waals surface area contributed by atoms with E-state index >= 15 is 0 Å². The Bertz CT molecular complexity index is 668. The van der Waals surface area contributed by atoms with Crippen molar-refractivity contribution in [1.82, 2.24) is 20.9 Å². The summed E-state index contributed by atoms with van der Waals surface area (Å²) in [4.78, 5) is 19.7. The van der Waals surface area contributed by atoms with E-state index in [1.165, 1.54) is 18.3 Å². The quantitative estimate of drug-likeness (QED) is 0.790. The molecule has 0 atom stereocenters. The number of aliphatic imine (C=N–C) groups is 1. The molecule has 2 aromatic heterocycles. The average molecular weight is 305 g/mol. The Labute approximate surface area is 125 Å². The van der Waals surface area contributed by atoms with Gasteiger partial charge in [-0.3, -0.25) is 4.79 Å². The number of amides is 1. The topological polar surface area (TPSA) is 91.5 Å². The third kappa shape index (κ3) is 3.40. The van der Waals surface area contributed by atoms with Crippen LogP contribution in [0.1, 0.15) is 12.7 Å². The molecule has 7 nitrogen and oxygen atoms in total. The standard InChI is InChI=1S/C13H15N5O2S/c1-8(19)16-6-9-2-3-11(20-9)10-7-21-13(17-10)18-12-14-4-5-15-12/h2-3,7H,4-6H2,1H3,(H,16,19)(H2,14,15,17,18). The van der Waals surface area contributed by atoms with Crippen molar-refractivity contribution >= 4 is 28.3 Å². The van der Waals surface area contributed by atoms with Gasteiger partial charge in [-0.1, -0.05) is 0 Å². The molecule has 0 saturated carbocycles. The van der Waals surface area contributed by atoms with Gasteiger partial charge in [-0.2, -0.15) is 4.99 Å². The third-order valence-electron chi connectivity index (χ3n) is 2.84. The second kappa shape index (κ2) is 5.96. The molecular weight excluding hydrogens is 290 g/mol. The van der Waals surface area contributed by atoms with Crippen LogP contribution in [0.5, 0.6) is 0 Å². The lowest BCUT2D eigenvalue weighted by atomic mass is 10.3. The van der Waals surface area contributed by atoms with E-state index in [2.05, 4.69) is 25.9 Å². The molecule has 1 fully saturated rings. The fraction of sp³-hybridized carbons (Fsp3) is 0.308. The molecule has 3 rings (SSSR count). The predicted molar refractivity (Wildman–Crippen MR) is 80.4 cm³/mol. The lowest BCUT2D eigenvalue weighted by Gasteiger charge is -1.97. The number of nitrogens with one attached hydrogen (secondary N) is 3. The Morgan fingerprint density at radius 3 is 3.05 bits per heavy atom. The molecule has 21 heavy (non-hydrogen) atoms. The van der Waals surface area contributed by atoms with E-state index in [1.807, 2.05) is 17.5 Å². The summed E-state index contributed by atoms with van der Waals surface area (Å²) in [7, 11) is 0. The first-order chi connectivity index (χ1) is 10.2. The number of furan rings is 1. The van der Waals surface area contributed by atoms with E-state index in [0.29, 0.717) is 23.2 Å². The number of rotatable bonds is 4. The van der Waals surface area contributed by atoms with Crippen molar-refractivity contribution in [1.29, 1.82) is 0 Å². The van der Waals surface area contributed by atoms with Crippen LogP contribution in [0.25, 0.3) is 11.5 Å². The zero-order valence-corrected chi connectivity index (χ0v) is 12.3. The minimum absolute atomic E-state index is 0.0868. The largest absolute Gasteiger partial charge is 0.458 e. The number of thiazole rings is 1. The van der Waals surface area contributed by atoms with Crippen molar-refractivity contribution in [3.63, 3.8) is 0 Å². The van der Waals surface area contributed by atoms with Crippen LogP contribution < -0.4 is 16.0 Å². The zero-order chi connectivity index (χ0) is 14.7. The SMILES string of the molecule is CC(=O)NCc1ccc(-c2csc(N=C3NCCN3)n2)o1. The Hall–Kier alpha value is -2.35. The molecule has 8 heteroatoms. The van der Waals surface area contributed by atoms with Gasteiger partial charge in [0.25, 0.3) is 0 Å². The summed E-state index contributed by atoms with van der Waals surface area (Å²) in [5, 5.41) is 11.5. The van der Waals surface area contributed by atoms with Gasteiger partial charge < -0.3 is 20.4 Å². The van der Waals surface area contributed by atoms with Crippen LogP contribution in [0.15, 0.2) is 26.9 Å². The van der Waals surface area contributed by atoms with Gasteiger partial charge in [0.05, 0.1) is 6.54 Å². The molecule has 110 valence electrons. The van der Waals surface area contributed by atoms with Gasteiger partial charge in [0.2, 0.25) is 11.0 Å². The van der Waals surface area contributed by atoms with Crippen LogP contribution in [0.3, 0.4) is 0 Å². The van der Waals surface area contributed by atoms with E-state index in [4.69, 9.17) is 4.42 Å². The highest BCUT2D eigenvalue weighted by Crippen LogP contribution is 2.28. The lowest BCUT2D eigenvalue weighted by Crippen LogP contribution is -2.23. The fourth-order valence-corrected chi connectivity index (χ4v) is 2.53. The summed E-state index contributed by atoms with van der Waals surface area (Å²) >= 11 is 1.45. The van der Waals surface area contributed by atoms with Gasteiger partial charge >= 0.3 is 0 Å². The van der Waals surface area contributed by atoms with Crippen LogP contribution in [0, 0.1) is 0 Å². The molecule has 0 unspecified atom stereocenters. The first kappa shape index (κ1) is 13.6. The van der Waals surface area contributed by atoms with Crippen molar-refractivity contribution < 1.29 is 9.21 Å². The van der Waals surface area contributed by atoms with Crippen LogP contribution in [-0.2, 0) is 11.3 Å². The van der Waals surface area contributed by atoms with Crippen molar-refractivity contribution in [3.8, 4) is 11.5 Å². The average Bonchev–Trinajstić information content (AvgIpc) is 3.18. The van der Waals surface area contributed by atoms with Gasteiger partial charge in [-0.05, 0) is 12.1 Å². The minimum atomic E-state index is -0.0868. The maximum atomic E-state index is 10.9. The van der Waals surface area contributed by atoms with E-state index in [1.54, 1.807) is 0 Å². The number of guanidine groups is 1. The van der Waals surface area contributed by atoms with Gasteiger partial charge in [0.15, 0.2) is 11.7 Å². The van der Waals surface area contributed by atoms with Crippen molar-refractivity contribution in [2.24, 2.45) is 4.99 Å². The van der Waals surface area contributed by atoms with E-state index < -0.39 is 0 Å². The van der Waals surface area contributed by atoms with E-state index in [9.17, 15) is 4.79 Å². The Morgan fingerprint density at radius 1 is 1.48 bits per heavy atom. The first-order valence-corrected chi connectivity index (χ1v) is 7.44. The minimum Gasteiger partial charge on any atom is -0.458 e. The number of carbonyl (C=O) groups excluding carboxylic acids is 1. The Kier molecular flexibility index (Phi) is 3.87. The van der Waals surface area contributed by atoms with E-state index in [-0.39, 0.29) is 5.91 Å². The smallest absolute Gasteiger partial charge is 0.217 e. The highest BCUT2D eigenvalue weighted by Gasteiger charge is 2.11. The number of nitrogens with zero attached hydrogens (tertiary/aromatic N) is 2. The normalized spacial score (nSPS) is 13.7. The van der Waals surface area contributed by atoms with Crippen molar-refractivity contribution in [3.05, 3.63) is 23.3 Å². The molecule has 0 aromatic carbocycles. The van der Waals surface area contributed by atoms with Gasteiger partial charge in [-0.25, -0.2) is 4.98 Å². The van der Waals surface area contributed by atoms with Gasteiger partial charge in [0.1, 0.15) is 11.5 Å². The van der Waals surface area contributed by atoms with Crippen LogP contribution in [0.4, 0.5) is 5.13 Å². The first-order valence-electron chi connectivity index (χ1n) is 6.56. The molecule has 0 bridgehead atoms. The Balaban J connectivity index is 1.71.